The van der Waals surface area contributed by atoms with E-state index in [0.29, 0.717) is 40.4 Å². The number of carbonyl (C=O) groups excluding carboxylic acids is 1. The second-order valence-electron chi connectivity index (χ2n) is 9.27. The van der Waals surface area contributed by atoms with Gasteiger partial charge in [0.2, 0.25) is 6.41 Å². The summed E-state index contributed by atoms with van der Waals surface area (Å²) in [5.74, 6) is -0.565. The van der Waals surface area contributed by atoms with Crippen molar-refractivity contribution in [1.82, 2.24) is 15.2 Å². The molecule has 0 unspecified atom stereocenters. The molecule has 1 aliphatic rings. The van der Waals surface area contributed by atoms with Crippen molar-refractivity contribution < 1.29 is 14.3 Å². The number of aromatic nitrogens is 1. The van der Waals surface area contributed by atoms with E-state index in [1.165, 1.54) is 17.0 Å². The SMILES string of the molecule is CNC1CCN(c2cncc(-c3cc(F)cc(-c4ccc(N(C=O)/C=C\N(C)C)c(Cl)c4)c3O)c2)CC1. The predicted octanol–water partition coefficient (Wildman–Crippen LogP) is 5.10. The molecular formula is C28H31ClFN5O2. The van der Waals surface area contributed by atoms with Crippen molar-refractivity contribution in [1.29, 1.82) is 0 Å². The minimum absolute atomic E-state index is 0.0715. The van der Waals surface area contributed by atoms with Crippen LogP contribution in [0.5, 0.6) is 5.75 Å². The summed E-state index contributed by atoms with van der Waals surface area (Å²) in [6, 6.07) is 9.97. The predicted molar refractivity (Wildman–Crippen MR) is 147 cm³/mol. The number of anilines is 2. The number of nitrogens with zero attached hydrogens (tertiary/aromatic N) is 4. The van der Waals surface area contributed by atoms with Crippen molar-refractivity contribution in [3.63, 3.8) is 0 Å². The van der Waals surface area contributed by atoms with Crippen LogP contribution in [-0.2, 0) is 4.79 Å². The standard InChI is InChI=1S/C28H31ClFN5O2/c1-31-22-6-8-34(9-7-22)23-12-20(16-32-17-23)25-15-21(30)14-24(28(25)37)19-4-5-27(26(29)13-19)35(18-36)11-10-33(2)3/h4-5,10-18,22,31,37H,6-9H2,1-3H3/b11-10-. The van der Waals surface area contributed by atoms with Crippen LogP contribution in [0.1, 0.15) is 12.8 Å². The second kappa shape index (κ2) is 11.6. The first-order valence-corrected chi connectivity index (χ1v) is 12.5. The molecule has 37 heavy (non-hydrogen) atoms. The molecule has 0 radical (unpaired) electrons. The molecule has 9 heteroatoms. The Bertz CT molecular complexity index is 1290. The van der Waals surface area contributed by atoms with Crippen molar-refractivity contribution in [3.05, 3.63) is 72.0 Å². The molecule has 194 valence electrons. The van der Waals surface area contributed by atoms with Gasteiger partial charge in [0.25, 0.3) is 0 Å². The summed E-state index contributed by atoms with van der Waals surface area (Å²) in [4.78, 5) is 21.4. The topological polar surface area (TPSA) is 71.9 Å². The van der Waals surface area contributed by atoms with Gasteiger partial charge in [0.15, 0.2) is 0 Å². The van der Waals surface area contributed by atoms with Gasteiger partial charge in [0.05, 0.1) is 22.6 Å². The Balaban J connectivity index is 1.67. The summed E-state index contributed by atoms with van der Waals surface area (Å²) < 4.78 is 14.8. The van der Waals surface area contributed by atoms with Gasteiger partial charge in [-0.25, -0.2) is 4.39 Å². The highest BCUT2D eigenvalue weighted by molar-refractivity contribution is 6.34. The molecule has 7 nitrogen and oxygen atoms in total. The maximum Gasteiger partial charge on any atom is 0.218 e. The van der Waals surface area contributed by atoms with Gasteiger partial charge in [-0.1, -0.05) is 17.7 Å². The van der Waals surface area contributed by atoms with Crippen molar-refractivity contribution in [3.8, 4) is 28.0 Å². The monoisotopic (exact) mass is 523 g/mol. The quantitative estimate of drug-likeness (QED) is 0.400. The lowest BCUT2D eigenvalue weighted by molar-refractivity contribution is -0.106. The highest BCUT2D eigenvalue weighted by Gasteiger charge is 2.20. The first-order valence-electron chi connectivity index (χ1n) is 12.1. The molecule has 4 rings (SSSR count). The zero-order valence-electron chi connectivity index (χ0n) is 21.2. The molecule has 2 heterocycles. The lowest BCUT2D eigenvalue weighted by Gasteiger charge is -2.33. The van der Waals surface area contributed by atoms with E-state index in [1.54, 1.807) is 47.9 Å². The van der Waals surface area contributed by atoms with Crippen molar-refractivity contribution in [2.24, 2.45) is 0 Å². The summed E-state index contributed by atoms with van der Waals surface area (Å²) in [7, 11) is 5.66. The maximum atomic E-state index is 14.8. The smallest absolute Gasteiger partial charge is 0.218 e. The van der Waals surface area contributed by atoms with E-state index >= 15 is 0 Å². The van der Waals surface area contributed by atoms with Gasteiger partial charge in [0.1, 0.15) is 11.6 Å². The highest BCUT2D eigenvalue weighted by Crippen LogP contribution is 2.41. The number of carbonyl (C=O) groups is 1. The van der Waals surface area contributed by atoms with Gasteiger partial charge in [-0.15, -0.1) is 0 Å². The lowest BCUT2D eigenvalue weighted by Crippen LogP contribution is -2.41. The molecular weight excluding hydrogens is 493 g/mol. The number of amides is 1. The molecule has 0 atom stereocenters. The number of aromatic hydroxyl groups is 1. The number of hydrogen-bond donors (Lipinski definition) is 2. The maximum absolute atomic E-state index is 14.8. The Hall–Kier alpha value is -3.62. The highest BCUT2D eigenvalue weighted by atomic mass is 35.5. The van der Waals surface area contributed by atoms with Crippen molar-refractivity contribution in [2.45, 2.75) is 18.9 Å². The molecule has 2 aromatic carbocycles. The molecule has 2 N–H and O–H groups in total. The number of hydrogen-bond acceptors (Lipinski definition) is 6. The molecule has 1 aromatic heterocycles. The van der Waals surface area contributed by atoms with Crippen LogP contribution in [0.3, 0.4) is 0 Å². The van der Waals surface area contributed by atoms with E-state index < -0.39 is 5.82 Å². The van der Waals surface area contributed by atoms with Gasteiger partial charge in [-0.05, 0) is 55.8 Å². The molecule has 3 aromatic rings. The Kier molecular flexibility index (Phi) is 8.31. The number of phenols is 1. The normalized spacial score (nSPS) is 14.2. The average molecular weight is 524 g/mol. The third kappa shape index (κ3) is 6.03. The first kappa shape index (κ1) is 26.4. The summed E-state index contributed by atoms with van der Waals surface area (Å²) in [6.07, 6.45) is 9.43. The van der Waals surface area contributed by atoms with Gasteiger partial charge >= 0.3 is 0 Å². The van der Waals surface area contributed by atoms with E-state index in [4.69, 9.17) is 11.6 Å². The molecule has 1 fully saturated rings. The van der Waals surface area contributed by atoms with E-state index in [-0.39, 0.29) is 10.8 Å². The minimum Gasteiger partial charge on any atom is -0.507 e. The van der Waals surface area contributed by atoms with Gasteiger partial charge in [0, 0.05) is 68.5 Å². The van der Waals surface area contributed by atoms with Crippen LogP contribution in [0.15, 0.2) is 61.2 Å². The second-order valence-corrected chi connectivity index (χ2v) is 9.68. The summed E-state index contributed by atoms with van der Waals surface area (Å²) >= 11 is 6.50. The van der Waals surface area contributed by atoms with Crippen molar-refractivity contribution >= 4 is 29.4 Å². The zero-order valence-corrected chi connectivity index (χ0v) is 21.9. The third-order valence-corrected chi connectivity index (χ3v) is 6.86. The number of halogens is 2. The fourth-order valence-electron chi connectivity index (χ4n) is 4.47. The Labute approximate surface area is 221 Å². The van der Waals surface area contributed by atoms with Gasteiger partial charge in [-0.2, -0.15) is 0 Å². The molecule has 0 bridgehead atoms. The fraction of sp³-hybridized carbons (Fsp3) is 0.286. The lowest BCUT2D eigenvalue weighted by atomic mass is 9.97. The molecule has 1 saturated heterocycles. The van der Waals surface area contributed by atoms with Crippen LogP contribution in [-0.4, -0.2) is 61.7 Å². The number of benzene rings is 2. The zero-order chi connectivity index (χ0) is 26.5. The largest absolute Gasteiger partial charge is 0.507 e. The number of piperidine rings is 1. The Morgan fingerprint density at radius 1 is 1.08 bits per heavy atom. The Morgan fingerprint density at radius 3 is 2.41 bits per heavy atom. The van der Waals surface area contributed by atoms with Crippen LogP contribution in [0, 0.1) is 5.82 Å². The number of pyridine rings is 1. The van der Waals surface area contributed by atoms with E-state index in [1.807, 2.05) is 27.2 Å². The van der Waals surface area contributed by atoms with Crippen LogP contribution in [0.25, 0.3) is 22.3 Å². The average Bonchev–Trinajstić information content (AvgIpc) is 2.90. The summed E-state index contributed by atoms with van der Waals surface area (Å²) in [6.45, 7) is 1.78. The molecule has 0 spiro atoms. The van der Waals surface area contributed by atoms with Crippen molar-refractivity contribution in [2.75, 3.05) is 44.0 Å². The van der Waals surface area contributed by atoms with Crippen LogP contribution in [0.2, 0.25) is 5.02 Å². The number of rotatable bonds is 8. The van der Waals surface area contributed by atoms with E-state index in [2.05, 4.69) is 15.2 Å². The fourth-order valence-corrected chi connectivity index (χ4v) is 4.75. The van der Waals surface area contributed by atoms with Crippen LogP contribution in [0.4, 0.5) is 15.8 Å². The molecule has 0 saturated carbocycles. The third-order valence-electron chi connectivity index (χ3n) is 6.55. The molecule has 1 amide bonds. The number of nitrogens with one attached hydrogen (secondary N) is 1. The molecule has 1 aliphatic heterocycles. The first-order chi connectivity index (χ1) is 17.8. The van der Waals surface area contributed by atoms with E-state index in [0.717, 1.165) is 31.6 Å². The summed E-state index contributed by atoms with van der Waals surface area (Å²) in [5, 5.41) is 14.8. The van der Waals surface area contributed by atoms with Gasteiger partial charge in [-0.3, -0.25) is 14.7 Å². The minimum atomic E-state index is -0.494. The number of phenolic OH excluding ortho intramolecular Hbond substituents is 1. The van der Waals surface area contributed by atoms with Gasteiger partial charge < -0.3 is 20.2 Å². The Morgan fingerprint density at radius 2 is 1.78 bits per heavy atom. The van der Waals surface area contributed by atoms with Crippen LogP contribution < -0.4 is 15.1 Å². The van der Waals surface area contributed by atoms with E-state index in [9.17, 15) is 14.3 Å². The molecule has 0 aliphatic carbocycles. The van der Waals surface area contributed by atoms with Crippen LogP contribution >= 0.6 is 11.6 Å². The summed E-state index contributed by atoms with van der Waals surface area (Å²) in [5.41, 5.74) is 3.18.